The van der Waals surface area contributed by atoms with Gasteiger partial charge in [0.15, 0.2) is 5.82 Å². The van der Waals surface area contributed by atoms with Gasteiger partial charge in [-0.05, 0) is 31.5 Å². The fraction of sp³-hybridized carbons (Fsp3) is 0.500. The maximum absolute atomic E-state index is 11.9. The van der Waals surface area contributed by atoms with E-state index in [1.54, 1.807) is 0 Å². The molecule has 0 unspecified atom stereocenters. The third-order valence-electron chi connectivity index (χ3n) is 4.10. The summed E-state index contributed by atoms with van der Waals surface area (Å²) in [5.74, 6) is 1.44. The molecule has 0 spiro atoms. The van der Waals surface area contributed by atoms with Crippen LogP contribution in [0.5, 0.6) is 0 Å². The molecular formula is C18H24N4O2. The zero-order valence-corrected chi connectivity index (χ0v) is 14.7. The predicted octanol–water partition coefficient (Wildman–Crippen LogP) is 3.67. The van der Waals surface area contributed by atoms with Gasteiger partial charge in [0.25, 0.3) is 0 Å². The highest BCUT2D eigenvalue weighted by molar-refractivity contribution is 5.95. The summed E-state index contributed by atoms with van der Waals surface area (Å²) >= 11 is 0. The van der Waals surface area contributed by atoms with Crippen molar-refractivity contribution in [1.82, 2.24) is 10.1 Å². The number of hydrogen-bond donors (Lipinski definition) is 1. The molecule has 1 atom stereocenters. The van der Waals surface area contributed by atoms with Crippen LogP contribution in [-0.2, 0) is 10.2 Å². The number of anilines is 2. The van der Waals surface area contributed by atoms with Gasteiger partial charge in [-0.2, -0.15) is 4.98 Å². The minimum Gasteiger partial charge on any atom is -0.374 e. The van der Waals surface area contributed by atoms with E-state index in [-0.39, 0.29) is 17.4 Å². The van der Waals surface area contributed by atoms with Crippen molar-refractivity contribution in [1.29, 1.82) is 0 Å². The molecular weight excluding hydrogens is 304 g/mol. The minimum atomic E-state index is -0.141. The van der Waals surface area contributed by atoms with Gasteiger partial charge in [-0.1, -0.05) is 32.0 Å². The molecule has 2 aromatic rings. The highest BCUT2D eigenvalue weighted by Gasteiger charge is 2.24. The van der Waals surface area contributed by atoms with Crippen LogP contribution in [0.15, 0.2) is 28.8 Å². The van der Waals surface area contributed by atoms with Gasteiger partial charge >= 0.3 is 0 Å². The summed E-state index contributed by atoms with van der Waals surface area (Å²) in [6.45, 7) is 8.92. The molecule has 128 valence electrons. The molecule has 6 nitrogen and oxygen atoms in total. The fourth-order valence-electron chi connectivity index (χ4n) is 2.71. The molecule has 1 fully saturated rings. The second-order valence-corrected chi connectivity index (χ2v) is 7.27. The van der Waals surface area contributed by atoms with Crippen LogP contribution in [0.25, 0.3) is 0 Å². The highest BCUT2D eigenvalue weighted by atomic mass is 16.5. The van der Waals surface area contributed by atoms with Gasteiger partial charge < -0.3 is 14.7 Å². The van der Waals surface area contributed by atoms with E-state index >= 15 is 0 Å². The van der Waals surface area contributed by atoms with Crippen LogP contribution in [0, 0.1) is 0 Å². The number of nitrogens with zero attached hydrogens (tertiary/aromatic N) is 3. The Morgan fingerprint density at radius 1 is 1.33 bits per heavy atom. The number of aromatic nitrogens is 2. The van der Waals surface area contributed by atoms with E-state index in [2.05, 4.69) is 36.2 Å². The summed E-state index contributed by atoms with van der Waals surface area (Å²) in [4.78, 5) is 18.2. The summed E-state index contributed by atoms with van der Waals surface area (Å²) in [5, 5.41) is 7.43. The molecule has 1 aliphatic rings. The average molecular weight is 328 g/mol. The van der Waals surface area contributed by atoms with E-state index in [1.165, 1.54) is 0 Å². The van der Waals surface area contributed by atoms with Crippen molar-refractivity contribution in [3.8, 4) is 0 Å². The first-order valence-corrected chi connectivity index (χ1v) is 8.35. The Bertz CT molecular complexity index is 733. The Balaban J connectivity index is 1.74. The summed E-state index contributed by atoms with van der Waals surface area (Å²) in [7, 11) is 0. The first-order valence-electron chi connectivity index (χ1n) is 8.35. The number of hydrogen-bond acceptors (Lipinski definition) is 5. The van der Waals surface area contributed by atoms with E-state index < -0.39 is 0 Å². The smallest absolute Gasteiger partial charge is 0.248 e. The highest BCUT2D eigenvalue weighted by Crippen LogP contribution is 2.27. The number of carbonyl (C=O) groups excluding carboxylic acids is 1. The van der Waals surface area contributed by atoms with Crippen LogP contribution in [0.4, 0.5) is 11.4 Å². The lowest BCUT2D eigenvalue weighted by molar-refractivity contribution is -0.117. The number of rotatable bonds is 4. The minimum absolute atomic E-state index is 0.113. The maximum atomic E-state index is 11.9. The fourth-order valence-corrected chi connectivity index (χ4v) is 2.71. The van der Waals surface area contributed by atoms with E-state index in [9.17, 15) is 4.79 Å². The molecule has 0 saturated carbocycles. The molecule has 1 aromatic heterocycles. The van der Waals surface area contributed by atoms with E-state index in [0.717, 1.165) is 24.3 Å². The molecule has 1 saturated heterocycles. The number of nitrogens with one attached hydrogen (secondary N) is 1. The Morgan fingerprint density at radius 2 is 2.12 bits per heavy atom. The molecule has 6 heteroatoms. The Kier molecular flexibility index (Phi) is 4.30. The van der Waals surface area contributed by atoms with Gasteiger partial charge in [-0.25, -0.2) is 0 Å². The van der Waals surface area contributed by atoms with Gasteiger partial charge in [0.2, 0.25) is 11.8 Å². The summed E-state index contributed by atoms with van der Waals surface area (Å²) < 4.78 is 5.38. The topological polar surface area (TPSA) is 71.3 Å². The Hall–Kier alpha value is -2.37. The molecule has 1 aromatic carbocycles. The van der Waals surface area contributed by atoms with E-state index in [4.69, 9.17) is 4.52 Å². The second-order valence-electron chi connectivity index (χ2n) is 7.27. The molecule has 24 heavy (non-hydrogen) atoms. The van der Waals surface area contributed by atoms with Crippen molar-refractivity contribution in [2.24, 2.45) is 0 Å². The second kappa shape index (κ2) is 6.26. The van der Waals surface area contributed by atoms with Gasteiger partial charge in [-0.3, -0.25) is 4.79 Å². The standard InChI is InChI=1S/C18H24N4O2/c1-12(16-20-17(21-24-16)18(2,3)4)19-13-7-5-8-14(11-13)22-10-6-9-15(22)23/h5,7-8,11-12,19H,6,9-10H2,1-4H3/t12-/m0/s1. The first kappa shape index (κ1) is 16.5. The van der Waals surface area contributed by atoms with Crippen molar-refractivity contribution in [2.75, 3.05) is 16.8 Å². The normalized spacial score (nSPS) is 16.5. The van der Waals surface area contributed by atoms with Crippen LogP contribution in [0.1, 0.15) is 58.3 Å². The summed E-state index contributed by atoms with van der Waals surface area (Å²) in [6, 6.07) is 7.76. The molecule has 1 N–H and O–H groups in total. The van der Waals surface area contributed by atoms with Crippen molar-refractivity contribution in [2.45, 2.75) is 52.0 Å². The van der Waals surface area contributed by atoms with Gasteiger partial charge in [0, 0.05) is 29.8 Å². The maximum Gasteiger partial charge on any atom is 0.248 e. The Labute approximate surface area is 142 Å². The lowest BCUT2D eigenvalue weighted by atomic mass is 9.96. The van der Waals surface area contributed by atoms with E-state index in [1.807, 2.05) is 36.1 Å². The SMILES string of the molecule is C[C@H](Nc1cccc(N2CCCC2=O)c1)c1nc(C(C)(C)C)no1. The number of carbonyl (C=O) groups is 1. The number of amides is 1. The van der Waals surface area contributed by atoms with Crippen molar-refractivity contribution < 1.29 is 9.32 Å². The van der Waals surface area contributed by atoms with Crippen LogP contribution >= 0.6 is 0 Å². The summed E-state index contributed by atoms with van der Waals surface area (Å²) in [6.07, 6.45) is 1.55. The lowest BCUT2D eigenvalue weighted by Gasteiger charge is -2.18. The van der Waals surface area contributed by atoms with Gasteiger partial charge in [-0.15, -0.1) is 0 Å². The molecule has 0 radical (unpaired) electrons. The third-order valence-corrected chi connectivity index (χ3v) is 4.10. The predicted molar refractivity (Wildman–Crippen MR) is 93.1 cm³/mol. The van der Waals surface area contributed by atoms with Gasteiger partial charge in [0.05, 0.1) is 0 Å². The molecule has 1 aliphatic heterocycles. The van der Waals surface area contributed by atoms with Crippen LogP contribution in [0.2, 0.25) is 0 Å². The number of benzene rings is 1. The molecule has 0 bridgehead atoms. The average Bonchev–Trinajstić information content (AvgIpc) is 3.15. The first-order chi connectivity index (χ1) is 11.3. The monoisotopic (exact) mass is 328 g/mol. The zero-order chi connectivity index (χ0) is 17.3. The van der Waals surface area contributed by atoms with E-state index in [0.29, 0.717) is 18.1 Å². The summed E-state index contributed by atoms with van der Waals surface area (Å²) in [5.41, 5.74) is 1.71. The third kappa shape index (κ3) is 3.42. The largest absolute Gasteiger partial charge is 0.374 e. The molecule has 3 rings (SSSR count). The quantitative estimate of drug-likeness (QED) is 0.927. The van der Waals surface area contributed by atoms with Crippen LogP contribution < -0.4 is 10.2 Å². The zero-order valence-electron chi connectivity index (χ0n) is 14.7. The Morgan fingerprint density at radius 3 is 2.75 bits per heavy atom. The van der Waals surface area contributed by atoms with Crippen molar-refractivity contribution in [3.05, 3.63) is 36.0 Å². The van der Waals surface area contributed by atoms with Gasteiger partial charge in [0.1, 0.15) is 6.04 Å². The van der Waals surface area contributed by atoms with Crippen LogP contribution in [-0.4, -0.2) is 22.6 Å². The van der Waals surface area contributed by atoms with Crippen molar-refractivity contribution in [3.63, 3.8) is 0 Å². The lowest BCUT2D eigenvalue weighted by Crippen LogP contribution is -2.23. The molecule has 1 amide bonds. The molecule has 0 aliphatic carbocycles. The van der Waals surface area contributed by atoms with Crippen molar-refractivity contribution >= 4 is 17.3 Å². The molecule has 2 heterocycles. The van der Waals surface area contributed by atoms with Crippen LogP contribution in [0.3, 0.4) is 0 Å².